The maximum absolute atomic E-state index is 10.5. The number of hydrogen-bond donors (Lipinski definition) is 0. The van der Waals surface area contributed by atoms with E-state index in [2.05, 4.69) is 15.4 Å². The maximum Gasteiger partial charge on any atom is 0.209 e. The topological polar surface area (TPSA) is 71.2 Å². The second-order valence-electron chi connectivity index (χ2n) is 1.42. The van der Waals surface area contributed by atoms with E-state index in [-0.39, 0.29) is 18.0 Å². The van der Waals surface area contributed by atoms with E-state index in [0.717, 1.165) is 0 Å². The summed E-state index contributed by atoms with van der Waals surface area (Å²) in [6.07, 6.45) is 0.376. The number of nitrogens with zero attached hydrogens (tertiary/aromatic N) is 3. The van der Waals surface area contributed by atoms with Crippen LogP contribution in [-0.2, 0) is 9.59 Å². The summed E-state index contributed by atoms with van der Waals surface area (Å²) in [6.45, 7) is -0.0580. The fraction of sp³-hybridized carbons (Fsp3) is 0.250. The number of aldehydes is 1. The Kier molecular flexibility index (Phi) is 1.44. The minimum Gasteiger partial charge on any atom is -0.296 e. The maximum atomic E-state index is 10.5. The Morgan fingerprint density at radius 3 is 2.78 bits per heavy atom. The van der Waals surface area contributed by atoms with Crippen molar-refractivity contribution >= 4 is 17.8 Å². The molecule has 5 heteroatoms. The van der Waals surface area contributed by atoms with Crippen molar-refractivity contribution in [1.29, 1.82) is 0 Å². The molecule has 0 radical (unpaired) electrons. The molecule has 9 heavy (non-hydrogen) atoms. The summed E-state index contributed by atoms with van der Waals surface area (Å²) in [5.41, 5.74) is -0.148. The molecule has 46 valence electrons. The smallest absolute Gasteiger partial charge is 0.209 e. The number of carbonyl (C=O) groups is 2. The first-order valence-electron chi connectivity index (χ1n) is 2.27. The van der Waals surface area contributed by atoms with E-state index in [1.54, 1.807) is 0 Å². The van der Waals surface area contributed by atoms with E-state index in [9.17, 15) is 9.59 Å². The van der Waals surface area contributed by atoms with Gasteiger partial charge in [0.15, 0.2) is 12.0 Å². The number of rotatable bonds is 1. The van der Waals surface area contributed by atoms with Crippen molar-refractivity contribution in [2.45, 2.75) is 0 Å². The normalized spacial score (nSPS) is 17.3. The Hall–Kier alpha value is -1.39. The highest BCUT2D eigenvalue weighted by atomic mass is 16.1. The van der Waals surface area contributed by atoms with Crippen LogP contribution in [0.5, 0.6) is 0 Å². The highest BCUT2D eigenvalue weighted by Crippen LogP contribution is 1.90. The summed E-state index contributed by atoms with van der Waals surface area (Å²) in [4.78, 5) is 20.4. The Labute approximate surface area is 50.5 Å². The minimum atomic E-state index is -0.375. The minimum absolute atomic E-state index is 0.0580. The first-order chi connectivity index (χ1) is 4.34. The van der Waals surface area contributed by atoms with Crippen LogP contribution in [0.2, 0.25) is 0 Å². The first kappa shape index (κ1) is 5.74. The number of Topliss-reactive ketones (excluding diaryl/α,β-unsaturated/α-hetero) is 1. The van der Waals surface area contributed by atoms with Crippen molar-refractivity contribution < 1.29 is 9.59 Å². The highest BCUT2D eigenvalue weighted by Gasteiger charge is 2.12. The third kappa shape index (κ3) is 1.04. The van der Waals surface area contributed by atoms with Crippen molar-refractivity contribution in [2.24, 2.45) is 15.4 Å². The molecule has 1 heterocycles. The molecule has 0 aromatic carbocycles. The van der Waals surface area contributed by atoms with Gasteiger partial charge in [-0.1, -0.05) is 0 Å². The number of ketones is 1. The molecule has 0 aliphatic carbocycles. The van der Waals surface area contributed by atoms with Gasteiger partial charge in [0, 0.05) is 0 Å². The van der Waals surface area contributed by atoms with Crippen LogP contribution in [-0.4, -0.2) is 24.3 Å². The average molecular weight is 125 g/mol. The van der Waals surface area contributed by atoms with Crippen LogP contribution in [0.3, 0.4) is 0 Å². The monoisotopic (exact) mass is 125 g/mol. The molecule has 0 spiro atoms. The Balaban J connectivity index is 2.86. The Bertz CT molecular complexity index is 206. The zero-order valence-corrected chi connectivity index (χ0v) is 4.44. The molecule has 5 nitrogen and oxygen atoms in total. The second kappa shape index (κ2) is 2.25. The lowest BCUT2D eigenvalue weighted by Gasteiger charge is -1.93. The summed E-state index contributed by atoms with van der Waals surface area (Å²) >= 11 is 0. The van der Waals surface area contributed by atoms with Gasteiger partial charge >= 0.3 is 0 Å². The summed E-state index contributed by atoms with van der Waals surface area (Å²) in [7, 11) is 0. The Morgan fingerprint density at radius 1 is 1.56 bits per heavy atom. The van der Waals surface area contributed by atoms with Gasteiger partial charge in [-0.15, -0.1) is 5.10 Å². The quantitative estimate of drug-likeness (QED) is 0.446. The largest absolute Gasteiger partial charge is 0.296 e. The molecule has 0 fully saturated rings. The van der Waals surface area contributed by atoms with Gasteiger partial charge in [-0.05, 0) is 5.22 Å². The van der Waals surface area contributed by atoms with Gasteiger partial charge < -0.3 is 0 Å². The summed E-state index contributed by atoms with van der Waals surface area (Å²) < 4.78 is 0. The summed E-state index contributed by atoms with van der Waals surface area (Å²) in [6, 6.07) is 0. The third-order valence-corrected chi connectivity index (χ3v) is 0.827. The summed E-state index contributed by atoms with van der Waals surface area (Å²) in [5, 5.41) is 9.61. The molecular formula is C4H3N3O2. The molecule has 1 rings (SSSR count). The standard InChI is InChI=1S/C4H3N3O2/c8-2-3-4(9)1-5-7-6-3/h2H,1H2. The van der Waals surface area contributed by atoms with E-state index >= 15 is 0 Å². The molecule has 1 aliphatic rings. The van der Waals surface area contributed by atoms with E-state index in [1.807, 2.05) is 0 Å². The number of carbonyl (C=O) groups excluding carboxylic acids is 2. The van der Waals surface area contributed by atoms with Gasteiger partial charge in [-0.25, -0.2) is 0 Å². The predicted octanol–water partition coefficient (Wildman–Crippen LogP) is -0.424. The van der Waals surface area contributed by atoms with Gasteiger partial charge in [-0.3, -0.25) is 9.59 Å². The van der Waals surface area contributed by atoms with Crippen LogP contribution in [0.25, 0.3) is 0 Å². The van der Waals surface area contributed by atoms with Crippen molar-refractivity contribution in [1.82, 2.24) is 0 Å². The van der Waals surface area contributed by atoms with E-state index in [1.165, 1.54) is 0 Å². The molecule has 1 aliphatic heterocycles. The zero-order valence-electron chi connectivity index (χ0n) is 4.44. The van der Waals surface area contributed by atoms with E-state index in [4.69, 9.17) is 0 Å². The first-order valence-corrected chi connectivity index (χ1v) is 2.27. The fourth-order valence-electron chi connectivity index (χ4n) is 0.402. The summed E-state index contributed by atoms with van der Waals surface area (Å²) in [5.74, 6) is -0.375. The molecular weight excluding hydrogens is 122 g/mol. The lowest BCUT2D eigenvalue weighted by atomic mass is 10.3. The third-order valence-electron chi connectivity index (χ3n) is 0.827. The molecule has 0 atom stereocenters. The molecule has 0 N–H and O–H groups in total. The fourth-order valence-corrected chi connectivity index (χ4v) is 0.402. The van der Waals surface area contributed by atoms with Crippen LogP contribution in [0.1, 0.15) is 0 Å². The second-order valence-corrected chi connectivity index (χ2v) is 1.42. The SMILES string of the molecule is O=CC1=NN=NCC1=O. The van der Waals surface area contributed by atoms with Crippen LogP contribution in [0.4, 0.5) is 0 Å². The van der Waals surface area contributed by atoms with Gasteiger partial charge in [0.25, 0.3) is 0 Å². The van der Waals surface area contributed by atoms with Gasteiger partial charge in [0.1, 0.15) is 6.54 Å². The van der Waals surface area contributed by atoms with Gasteiger partial charge in [-0.2, -0.15) is 5.11 Å². The average Bonchev–Trinajstić information content (AvgIpc) is 1.89. The zero-order chi connectivity index (χ0) is 6.69. The number of hydrogen-bond acceptors (Lipinski definition) is 5. The van der Waals surface area contributed by atoms with E-state index < -0.39 is 0 Å². The molecule has 0 saturated carbocycles. The lowest BCUT2D eigenvalue weighted by Crippen LogP contribution is -2.19. The van der Waals surface area contributed by atoms with Crippen LogP contribution in [0.15, 0.2) is 15.4 Å². The van der Waals surface area contributed by atoms with Crippen molar-refractivity contribution in [2.75, 3.05) is 6.54 Å². The van der Waals surface area contributed by atoms with Crippen molar-refractivity contribution in [3.63, 3.8) is 0 Å². The van der Waals surface area contributed by atoms with E-state index in [0.29, 0.717) is 6.29 Å². The van der Waals surface area contributed by atoms with Gasteiger partial charge in [0.05, 0.1) is 0 Å². The van der Waals surface area contributed by atoms with Crippen LogP contribution < -0.4 is 0 Å². The van der Waals surface area contributed by atoms with Crippen molar-refractivity contribution in [3.8, 4) is 0 Å². The molecule has 0 bridgehead atoms. The molecule has 0 aromatic heterocycles. The van der Waals surface area contributed by atoms with Crippen LogP contribution >= 0.6 is 0 Å². The molecule has 0 unspecified atom stereocenters. The van der Waals surface area contributed by atoms with Crippen molar-refractivity contribution in [3.05, 3.63) is 0 Å². The van der Waals surface area contributed by atoms with Crippen LogP contribution in [0, 0.1) is 0 Å². The lowest BCUT2D eigenvalue weighted by molar-refractivity contribution is -0.113. The Morgan fingerprint density at radius 2 is 2.33 bits per heavy atom. The molecule has 0 aromatic rings. The molecule has 0 amide bonds. The van der Waals surface area contributed by atoms with Gasteiger partial charge in [0.2, 0.25) is 5.78 Å². The highest BCUT2D eigenvalue weighted by molar-refractivity contribution is 6.60. The molecule has 0 saturated heterocycles. The predicted molar refractivity (Wildman–Crippen MR) is 28.2 cm³/mol.